The van der Waals surface area contributed by atoms with Crippen LogP contribution in [0.15, 0.2) is 67.1 Å². The summed E-state index contributed by atoms with van der Waals surface area (Å²) in [5.41, 5.74) is 8.35. The van der Waals surface area contributed by atoms with Gasteiger partial charge in [-0.3, -0.25) is 0 Å². The van der Waals surface area contributed by atoms with Gasteiger partial charge in [0.1, 0.15) is 0 Å². The summed E-state index contributed by atoms with van der Waals surface area (Å²) in [7, 11) is 0. The van der Waals surface area contributed by atoms with Crippen LogP contribution in [0.3, 0.4) is 0 Å². The Hall–Kier alpha value is -3.18. The van der Waals surface area contributed by atoms with E-state index in [1.54, 1.807) is 0 Å². The predicted molar refractivity (Wildman–Crippen MR) is 117 cm³/mol. The standard InChI is InChI=1S/C24H27N5/c1-17-13-18(2)22(24(14-17)28-12-8-11-26-28)15-25-19(3)23-16-27-29(20(23)4)21-9-6-5-7-10-21/h5-14,16,19,25H,15H2,1-4H3/t19-/m1/s1. The monoisotopic (exact) mass is 385 g/mol. The van der Waals surface area contributed by atoms with Gasteiger partial charge in [0.25, 0.3) is 0 Å². The van der Waals surface area contributed by atoms with E-state index in [0.29, 0.717) is 0 Å². The van der Waals surface area contributed by atoms with Gasteiger partial charge in [0.05, 0.1) is 17.6 Å². The second-order valence-electron chi connectivity index (χ2n) is 7.57. The average Bonchev–Trinajstić information content (AvgIpc) is 3.37. The lowest BCUT2D eigenvalue weighted by molar-refractivity contribution is 0.568. The van der Waals surface area contributed by atoms with E-state index in [9.17, 15) is 0 Å². The smallest absolute Gasteiger partial charge is 0.0695 e. The molecule has 4 aromatic rings. The fourth-order valence-electron chi connectivity index (χ4n) is 3.86. The Morgan fingerprint density at radius 2 is 1.79 bits per heavy atom. The quantitative estimate of drug-likeness (QED) is 0.517. The Balaban J connectivity index is 1.57. The second-order valence-corrected chi connectivity index (χ2v) is 7.57. The molecule has 0 spiro atoms. The molecule has 2 aromatic heterocycles. The van der Waals surface area contributed by atoms with Gasteiger partial charge in [-0.15, -0.1) is 0 Å². The van der Waals surface area contributed by atoms with Crippen molar-refractivity contribution in [1.82, 2.24) is 24.9 Å². The van der Waals surface area contributed by atoms with Crippen LogP contribution < -0.4 is 5.32 Å². The van der Waals surface area contributed by atoms with Crippen molar-refractivity contribution in [3.63, 3.8) is 0 Å². The lowest BCUT2D eigenvalue weighted by Crippen LogP contribution is -2.20. The number of rotatable bonds is 6. The highest BCUT2D eigenvalue weighted by Gasteiger charge is 2.16. The molecule has 0 fully saturated rings. The molecule has 2 aromatic carbocycles. The van der Waals surface area contributed by atoms with Gasteiger partial charge in [0, 0.05) is 36.2 Å². The number of aromatic nitrogens is 4. The number of nitrogens with one attached hydrogen (secondary N) is 1. The first-order valence-corrected chi connectivity index (χ1v) is 9.98. The van der Waals surface area contributed by atoms with Crippen molar-refractivity contribution in [3.05, 3.63) is 95.1 Å². The van der Waals surface area contributed by atoms with Crippen molar-refractivity contribution in [2.24, 2.45) is 0 Å². The van der Waals surface area contributed by atoms with E-state index >= 15 is 0 Å². The van der Waals surface area contributed by atoms with E-state index < -0.39 is 0 Å². The van der Waals surface area contributed by atoms with Gasteiger partial charge in [0.2, 0.25) is 0 Å². The minimum absolute atomic E-state index is 0.179. The third kappa shape index (κ3) is 3.87. The molecule has 2 heterocycles. The van der Waals surface area contributed by atoms with Crippen molar-refractivity contribution in [3.8, 4) is 11.4 Å². The van der Waals surface area contributed by atoms with Gasteiger partial charge in [-0.2, -0.15) is 10.2 Å². The first kappa shape index (κ1) is 19.2. The molecule has 0 amide bonds. The van der Waals surface area contributed by atoms with Gasteiger partial charge in [-0.25, -0.2) is 9.36 Å². The van der Waals surface area contributed by atoms with Crippen molar-refractivity contribution in [2.75, 3.05) is 0 Å². The molecule has 1 N–H and O–H groups in total. The summed E-state index contributed by atoms with van der Waals surface area (Å²) >= 11 is 0. The summed E-state index contributed by atoms with van der Waals surface area (Å²) in [4.78, 5) is 0. The van der Waals surface area contributed by atoms with E-state index in [1.165, 1.54) is 22.3 Å². The second kappa shape index (κ2) is 8.05. The van der Waals surface area contributed by atoms with E-state index in [1.807, 2.05) is 52.2 Å². The number of hydrogen-bond acceptors (Lipinski definition) is 3. The third-order valence-corrected chi connectivity index (χ3v) is 5.45. The number of nitrogens with zero attached hydrogens (tertiary/aromatic N) is 4. The highest BCUT2D eigenvalue weighted by molar-refractivity contribution is 5.48. The maximum atomic E-state index is 4.61. The Kier molecular flexibility index (Phi) is 5.32. The highest BCUT2D eigenvalue weighted by atomic mass is 15.3. The lowest BCUT2D eigenvalue weighted by atomic mass is 10.0. The molecule has 0 radical (unpaired) electrons. The first-order valence-electron chi connectivity index (χ1n) is 9.98. The van der Waals surface area contributed by atoms with Gasteiger partial charge in [0.15, 0.2) is 0 Å². The van der Waals surface area contributed by atoms with Gasteiger partial charge in [-0.1, -0.05) is 24.3 Å². The van der Waals surface area contributed by atoms with Crippen LogP contribution in [0.4, 0.5) is 0 Å². The maximum Gasteiger partial charge on any atom is 0.0695 e. The lowest BCUT2D eigenvalue weighted by Gasteiger charge is -2.18. The largest absolute Gasteiger partial charge is 0.306 e. The van der Waals surface area contributed by atoms with Crippen molar-refractivity contribution in [1.29, 1.82) is 0 Å². The molecule has 0 aliphatic heterocycles. The zero-order chi connectivity index (χ0) is 20.4. The minimum Gasteiger partial charge on any atom is -0.306 e. The summed E-state index contributed by atoms with van der Waals surface area (Å²) in [5.74, 6) is 0. The highest BCUT2D eigenvalue weighted by Crippen LogP contribution is 2.24. The van der Waals surface area contributed by atoms with Gasteiger partial charge >= 0.3 is 0 Å². The summed E-state index contributed by atoms with van der Waals surface area (Å²) in [6, 6.07) is 16.8. The molecule has 5 nitrogen and oxygen atoms in total. The van der Waals surface area contributed by atoms with Crippen LogP contribution in [0.5, 0.6) is 0 Å². The zero-order valence-corrected chi connectivity index (χ0v) is 17.4. The molecule has 0 unspecified atom stereocenters. The third-order valence-electron chi connectivity index (χ3n) is 5.45. The van der Waals surface area contributed by atoms with E-state index in [2.05, 4.69) is 67.5 Å². The van der Waals surface area contributed by atoms with Crippen LogP contribution in [-0.4, -0.2) is 19.6 Å². The van der Waals surface area contributed by atoms with Crippen LogP contribution in [0.2, 0.25) is 0 Å². The van der Waals surface area contributed by atoms with Crippen LogP contribution >= 0.6 is 0 Å². The number of para-hydroxylation sites is 1. The Bertz CT molecular complexity index is 1090. The fourth-order valence-corrected chi connectivity index (χ4v) is 3.86. The van der Waals surface area contributed by atoms with Gasteiger partial charge in [-0.05, 0) is 68.7 Å². The van der Waals surface area contributed by atoms with Crippen LogP contribution in [-0.2, 0) is 6.54 Å². The molecule has 0 saturated heterocycles. The predicted octanol–water partition coefficient (Wildman–Crippen LogP) is 4.83. The Morgan fingerprint density at radius 1 is 1.00 bits per heavy atom. The Labute approximate surface area is 172 Å². The molecule has 0 bridgehead atoms. The van der Waals surface area contributed by atoms with Crippen LogP contribution in [0.1, 0.15) is 40.9 Å². The molecule has 0 saturated carbocycles. The molecule has 29 heavy (non-hydrogen) atoms. The van der Waals surface area contributed by atoms with E-state index in [4.69, 9.17) is 0 Å². The molecule has 148 valence electrons. The van der Waals surface area contributed by atoms with Crippen LogP contribution in [0, 0.1) is 20.8 Å². The SMILES string of the molecule is Cc1cc(C)c(CN[C@H](C)c2cnn(-c3ccccc3)c2C)c(-n2cccn2)c1. The van der Waals surface area contributed by atoms with Crippen molar-refractivity contribution in [2.45, 2.75) is 40.3 Å². The number of benzene rings is 2. The minimum atomic E-state index is 0.179. The molecule has 5 heteroatoms. The average molecular weight is 386 g/mol. The molecule has 0 aliphatic carbocycles. The maximum absolute atomic E-state index is 4.61. The van der Waals surface area contributed by atoms with Crippen molar-refractivity contribution >= 4 is 0 Å². The number of hydrogen-bond donors (Lipinski definition) is 1. The summed E-state index contributed by atoms with van der Waals surface area (Å²) in [6.07, 6.45) is 5.78. The summed E-state index contributed by atoms with van der Waals surface area (Å²) in [6.45, 7) is 9.37. The summed E-state index contributed by atoms with van der Waals surface area (Å²) in [5, 5.41) is 12.7. The van der Waals surface area contributed by atoms with E-state index in [-0.39, 0.29) is 6.04 Å². The molecular formula is C24H27N5. The van der Waals surface area contributed by atoms with Crippen molar-refractivity contribution < 1.29 is 0 Å². The Morgan fingerprint density at radius 3 is 2.52 bits per heavy atom. The topological polar surface area (TPSA) is 47.7 Å². The normalized spacial score (nSPS) is 12.3. The fraction of sp³-hybridized carbons (Fsp3) is 0.250. The van der Waals surface area contributed by atoms with E-state index in [0.717, 1.165) is 23.6 Å². The van der Waals surface area contributed by atoms with Crippen LogP contribution in [0.25, 0.3) is 11.4 Å². The van der Waals surface area contributed by atoms with Gasteiger partial charge < -0.3 is 5.32 Å². The molecule has 0 aliphatic rings. The molecule has 4 rings (SSSR count). The number of aryl methyl sites for hydroxylation is 2. The first-order chi connectivity index (χ1) is 14.0. The summed E-state index contributed by atoms with van der Waals surface area (Å²) < 4.78 is 3.94. The molecule has 1 atom stereocenters. The zero-order valence-electron chi connectivity index (χ0n) is 17.4. The molecular weight excluding hydrogens is 358 g/mol.